The van der Waals surface area contributed by atoms with Crippen LogP contribution >= 0.6 is 0 Å². The highest BCUT2D eigenvalue weighted by atomic mass is 16.5. The van der Waals surface area contributed by atoms with E-state index in [4.69, 9.17) is 4.74 Å². The van der Waals surface area contributed by atoms with Crippen molar-refractivity contribution in [3.8, 4) is 0 Å². The van der Waals surface area contributed by atoms with E-state index in [0.29, 0.717) is 6.61 Å². The van der Waals surface area contributed by atoms with Gasteiger partial charge in [-0.05, 0) is 20.3 Å². The number of β-amino-alcohol motifs (C(OH)–C–C–N with tert-alkyl or cyclic N) is 1. The molecule has 100 valence electrons. The van der Waals surface area contributed by atoms with Gasteiger partial charge < -0.3 is 14.6 Å². The number of ether oxygens (including phenoxy) is 2. The first-order valence-corrected chi connectivity index (χ1v) is 6.07. The predicted molar refractivity (Wildman–Crippen MR) is 63.7 cm³/mol. The van der Waals surface area contributed by atoms with Crippen LogP contribution < -0.4 is 0 Å². The minimum Gasteiger partial charge on any atom is -0.467 e. The molecular formula is C12H23NO4. The average molecular weight is 245 g/mol. The standard InChI is InChI=1S/C12H23NO4/c1-5-10-7-17-9(2)6-13(10)8-12(3,15)11(14)16-4/h9-10,15H,5-8H2,1-4H3. The second kappa shape index (κ2) is 5.80. The van der Waals surface area contributed by atoms with E-state index in [2.05, 4.69) is 16.6 Å². The van der Waals surface area contributed by atoms with Crippen molar-refractivity contribution in [2.75, 3.05) is 26.8 Å². The molecule has 17 heavy (non-hydrogen) atoms. The van der Waals surface area contributed by atoms with E-state index in [1.165, 1.54) is 14.0 Å². The van der Waals surface area contributed by atoms with E-state index in [-0.39, 0.29) is 18.7 Å². The second-order valence-electron chi connectivity index (χ2n) is 4.90. The summed E-state index contributed by atoms with van der Waals surface area (Å²) in [5.74, 6) is -0.591. The van der Waals surface area contributed by atoms with Crippen LogP contribution in [0.15, 0.2) is 0 Å². The molecule has 1 saturated heterocycles. The lowest BCUT2D eigenvalue weighted by Gasteiger charge is -2.40. The SMILES string of the molecule is CCC1COC(C)CN1CC(C)(O)C(=O)OC. The number of nitrogens with zero attached hydrogens (tertiary/aromatic N) is 1. The molecule has 5 heteroatoms. The Morgan fingerprint density at radius 3 is 2.82 bits per heavy atom. The molecule has 0 aliphatic carbocycles. The van der Waals surface area contributed by atoms with Crippen molar-refractivity contribution in [3.05, 3.63) is 0 Å². The quantitative estimate of drug-likeness (QED) is 0.727. The molecule has 0 amide bonds. The zero-order valence-electron chi connectivity index (χ0n) is 11.1. The van der Waals surface area contributed by atoms with E-state index in [9.17, 15) is 9.90 Å². The van der Waals surface area contributed by atoms with E-state index < -0.39 is 11.6 Å². The zero-order chi connectivity index (χ0) is 13.1. The van der Waals surface area contributed by atoms with Gasteiger partial charge in [-0.25, -0.2) is 4.79 Å². The Balaban J connectivity index is 2.66. The first-order chi connectivity index (χ1) is 7.90. The number of carbonyl (C=O) groups is 1. The molecular weight excluding hydrogens is 222 g/mol. The van der Waals surface area contributed by atoms with Crippen molar-refractivity contribution in [2.45, 2.75) is 44.9 Å². The van der Waals surface area contributed by atoms with Gasteiger partial charge in [0.1, 0.15) is 0 Å². The number of esters is 1. The minimum absolute atomic E-state index is 0.131. The number of rotatable bonds is 4. The van der Waals surface area contributed by atoms with Gasteiger partial charge in [-0.15, -0.1) is 0 Å². The molecule has 1 aliphatic heterocycles. The van der Waals surface area contributed by atoms with Crippen molar-refractivity contribution in [1.82, 2.24) is 4.90 Å². The van der Waals surface area contributed by atoms with Crippen molar-refractivity contribution >= 4 is 5.97 Å². The number of hydrogen-bond donors (Lipinski definition) is 1. The van der Waals surface area contributed by atoms with Crippen LogP contribution in [0.3, 0.4) is 0 Å². The maximum absolute atomic E-state index is 11.5. The number of morpholine rings is 1. The number of aliphatic hydroxyl groups is 1. The van der Waals surface area contributed by atoms with Crippen molar-refractivity contribution in [2.24, 2.45) is 0 Å². The Hall–Kier alpha value is -0.650. The number of hydrogen-bond acceptors (Lipinski definition) is 5. The normalized spacial score (nSPS) is 29.7. The van der Waals surface area contributed by atoms with Crippen molar-refractivity contribution in [1.29, 1.82) is 0 Å². The Morgan fingerprint density at radius 2 is 2.29 bits per heavy atom. The third-order valence-electron chi connectivity index (χ3n) is 3.19. The molecule has 0 aromatic rings. The summed E-state index contributed by atoms with van der Waals surface area (Å²) in [4.78, 5) is 13.6. The molecule has 0 aromatic heterocycles. The fraction of sp³-hybridized carbons (Fsp3) is 0.917. The lowest BCUT2D eigenvalue weighted by atomic mass is 10.0. The fourth-order valence-electron chi connectivity index (χ4n) is 2.16. The third kappa shape index (κ3) is 3.66. The third-order valence-corrected chi connectivity index (χ3v) is 3.19. The van der Waals surface area contributed by atoms with Gasteiger partial charge in [-0.2, -0.15) is 0 Å². The summed E-state index contributed by atoms with van der Waals surface area (Å²) in [6.07, 6.45) is 1.07. The van der Waals surface area contributed by atoms with E-state index in [1.54, 1.807) is 0 Å². The topological polar surface area (TPSA) is 59.0 Å². The Morgan fingerprint density at radius 1 is 1.65 bits per heavy atom. The zero-order valence-corrected chi connectivity index (χ0v) is 11.1. The Labute approximate surface area is 103 Å². The lowest BCUT2D eigenvalue weighted by Crippen LogP contribution is -2.56. The summed E-state index contributed by atoms with van der Waals surface area (Å²) >= 11 is 0. The van der Waals surface area contributed by atoms with Crippen molar-refractivity contribution < 1.29 is 19.4 Å². The summed E-state index contributed by atoms with van der Waals surface area (Å²) in [5, 5.41) is 10.1. The minimum atomic E-state index is -1.46. The van der Waals surface area contributed by atoms with Crippen LogP contribution in [-0.4, -0.2) is 60.5 Å². The maximum atomic E-state index is 11.5. The van der Waals surface area contributed by atoms with Gasteiger partial charge in [0, 0.05) is 19.1 Å². The maximum Gasteiger partial charge on any atom is 0.338 e. The van der Waals surface area contributed by atoms with Gasteiger partial charge in [0.2, 0.25) is 0 Å². The molecule has 3 atom stereocenters. The van der Waals surface area contributed by atoms with Crippen LogP contribution in [-0.2, 0) is 14.3 Å². The highest BCUT2D eigenvalue weighted by Gasteiger charge is 2.37. The average Bonchev–Trinajstić information content (AvgIpc) is 2.27. The van der Waals surface area contributed by atoms with E-state index in [0.717, 1.165) is 13.0 Å². The lowest BCUT2D eigenvalue weighted by molar-refractivity contribution is -0.165. The monoisotopic (exact) mass is 245 g/mol. The molecule has 1 rings (SSSR count). The van der Waals surface area contributed by atoms with Crippen LogP contribution in [0.1, 0.15) is 27.2 Å². The highest BCUT2D eigenvalue weighted by molar-refractivity contribution is 5.78. The molecule has 0 saturated carbocycles. The smallest absolute Gasteiger partial charge is 0.338 e. The molecule has 0 spiro atoms. The molecule has 0 aromatic carbocycles. The fourth-order valence-corrected chi connectivity index (χ4v) is 2.16. The summed E-state index contributed by atoms with van der Waals surface area (Å²) in [5.41, 5.74) is -1.46. The van der Waals surface area contributed by atoms with E-state index >= 15 is 0 Å². The van der Waals surface area contributed by atoms with Crippen molar-refractivity contribution in [3.63, 3.8) is 0 Å². The summed E-state index contributed by atoms with van der Waals surface area (Å²) in [6, 6.07) is 0.252. The first kappa shape index (κ1) is 14.4. The summed E-state index contributed by atoms with van der Waals surface area (Å²) < 4.78 is 10.2. The van der Waals surface area contributed by atoms with Crippen LogP contribution in [0.5, 0.6) is 0 Å². The first-order valence-electron chi connectivity index (χ1n) is 6.07. The molecule has 1 heterocycles. The molecule has 3 unspecified atom stereocenters. The molecule has 1 N–H and O–H groups in total. The molecule has 0 bridgehead atoms. The summed E-state index contributed by atoms with van der Waals surface area (Å²) in [7, 11) is 1.29. The van der Waals surface area contributed by atoms with Gasteiger partial charge >= 0.3 is 5.97 Å². The molecule has 1 aliphatic rings. The highest BCUT2D eigenvalue weighted by Crippen LogP contribution is 2.18. The van der Waals surface area contributed by atoms with Crippen LogP contribution in [0.4, 0.5) is 0 Å². The van der Waals surface area contributed by atoms with Crippen LogP contribution in [0.25, 0.3) is 0 Å². The Kier molecular flexibility index (Phi) is 4.91. The molecule has 5 nitrogen and oxygen atoms in total. The molecule has 0 radical (unpaired) electrons. The largest absolute Gasteiger partial charge is 0.467 e. The van der Waals surface area contributed by atoms with Crippen LogP contribution in [0.2, 0.25) is 0 Å². The van der Waals surface area contributed by atoms with E-state index in [1.807, 2.05) is 6.92 Å². The van der Waals surface area contributed by atoms with Gasteiger partial charge in [0.15, 0.2) is 5.60 Å². The predicted octanol–water partition coefficient (Wildman–Crippen LogP) is 0.410. The van der Waals surface area contributed by atoms with Gasteiger partial charge in [-0.1, -0.05) is 6.92 Å². The van der Waals surface area contributed by atoms with Crippen LogP contribution in [0, 0.1) is 0 Å². The number of carbonyl (C=O) groups excluding carboxylic acids is 1. The van der Waals surface area contributed by atoms with Gasteiger partial charge in [0.25, 0.3) is 0 Å². The van der Waals surface area contributed by atoms with Gasteiger partial charge in [-0.3, -0.25) is 4.90 Å². The van der Waals surface area contributed by atoms with Gasteiger partial charge in [0.05, 0.1) is 19.8 Å². The Bertz CT molecular complexity index is 267. The summed E-state index contributed by atoms with van der Waals surface area (Å²) in [6.45, 7) is 7.22. The molecule has 1 fully saturated rings. The number of methoxy groups -OCH3 is 1. The second-order valence-corrected chi connectivity index (χ2v) is 4.90.